The van der Waals surface area contributed by atoms with Gasteiger partial charge in [0, 0.05) is 15.6 Å². The molecule has 0 fully saturated rings. The van der Waals surface area contributed by atoms with Gasteiger partial charge in [-0.15, -0.1) is 0 Å². The van der Waals surface area contributed by atoms with Crippen LogP contribution in [0.5, 0.6) is 23.0 Å². The summed E-state index contributed by atoms with van der Waals surface area (Å²) in [6.45, 7) is 0. The maximum Gasteiger partial charge on any atom is 0.343 e. The number of hydrogen-bond acceptors (Lipinski definition) is 7. The molecule has 0 aliphatic carbocycles. The second kappa shape index (κ2) is 10.5. The Bertz CT molecular complexity index is 1160. The molecule has 0 aliphatic heterocycles. The average Bonchev–Trinajstić information content (AvgIpc) is 2.80. The molecule has 0 radical (unpaired) electrons. The first kappa shape index (κ1) is 22.8. The Balaban J connectivity index is 1.76. The highest BCUT2D eigenvalue weighted by Gasteiger charge is 2.15. The summed E-state index contributed by atoms with van der Waals surface area (Å²) >= 11 is 3.36. The van der Waals surface area contributed by atoms with Crippen molar-refractivity contribution in [1.29, 1.82) is 0 Å². The van der Waals surface area contributed by atoms with Crippen LogP contribution >= 0.6 is 15.9 Å². The van der Waals surface area contributed by atoms with E-state index in [1.807, 2.05) is 0 Å². The van der Waals surface area contributed by atoms with Crippen LogP contribution in [0.25, 0.3) is 0 Å². The van der Waals surface area contributed by atoms with Crippen LogP contribution in [0.2, 0.25) is 0 Å². The van der Waals surface area contributed by atoms with Crippen LogP contribution in [0.4, 0.5) is 0 Å². The number of benzene rings is 3. The van der Waals surface area contributed by atoms with Crippen molar-refractivity contribution in [3.05, 3.63) is 81.8 Å². The molecular formula is C23H19BrN2O6. The molecule has 164 valence electrons. The Morgan fingerprint density at radius 2 is 1.56 bits per heavy atom. The van der Waals surface area contributed by atoms with E-state index in [2.05, 4.69) is 26.5 Å². The molecule has 3 rings (SSSR count). The number of aromatic hydroxyl groups is 1. The molecule has 0 aliphatic rings. The van der Waals surface area contributed by atoms with Crippen LogP contribution in [0.1, 0.15) is 26.3 Å². The van der Waals surface area contributed by atoms with Crippen LogP contribution < -0.4 is 19.6 Å². The van der Waals surface area contributed by atoms with E-state index >= 15 is 0 Å². The predicted octanol–water partition coefficient (Wildman–Crippen LogP) is 4.16. The highest BCUT2D eigenvalue weighted by atomic mass is 79.9. The summed E-state index contributed by atoms with van der Waals surface area (Å²) in [5, 5.41) is 13.2. The van der Waals surface area contributed by atoms with E-state index < -0.39 is 11.9 Å². The monoisotopic (exact) mass is 498 g/mol. The number of amides is 1. The first-order chi connectivity index (χ1) is 15.4. The SMILES string of the molecule is COc1ccc(C(=O)Oc2ccc(Br)cc2/C=N\NC(=O)c2ccc(O)cc2)cc1OC. The van der Waals surface area contributed by atoms with Crippen molar-refractivity contribution >= 4 is 34.0 Å². The topological polar surface area (TPSA) is 106 Å². The molecule has 2 N–H and O–H groups in total. The van der Waals surface area contributed by atoms with Gasteiger partial charge in [-0.05, 0) is 60.7 Å². The number of halogens is 1. The van der Waals surface area contributed by atoms with Crippen molar-refractivity contribution < 1.29 is 28.9 Å². The predicted molar refractivity (Wildman–Crippen MR) is 122 cm³/mol. The number of nitrogens with one attached hydrogen (secondary N) is 1. The van der Waals surface area contributed by atoms with E-state index in [1.54, 1.807) is 30.3 Å². The zero-order chi connectivity index (χ0) is 23.1. The molecule has 0 aromatic heterocycles. The molecule has 0 saturated carbocycles. The number of methoxy groups -OCH3 is 2. The number of esters is 1. The lowest BCUT2D eigenvalue weighted by atomic mass is 10.2. The second-order valence-electron chi connectivity index (χ2n) is 6.39. The molecule has 3 aromatic rings. The van der Waals surface area contributed by atoms with Crippen LogP contribution in [0.15, 0.2) is 70.2 Å². The summed E-state index contributed by atoms with van der Waals surface area (Å²) < 4.78 is 16.7. The van der Waals surface area contributed by atoms with Gasteiger partial charge in [0.15, 0.2) is 11.5 Å². The first-order valence-corrected chi connectivity index (χ1v) is 10.1. The van der Waals surface area contributed by atoms with Crippen molar-refractivity contribution in [2.45, 2.75) is 0 Å². The van der Waals surface area contributed by atoms with E-state index in [-0.39, 0.29) is 17.1 Å². The fraction of sp³-hybridized carbons (Fsp3) is 0.0870. The van der Waals surface area contributed by atoms with Crippen molar-refractivity contribution in [2.24, 2.45) is 5.10 Å². The maximum atomic E-state index is 12.6. The molecule has 0 unspecified atom stereocenters. The number of hydrazone groups is 1. The molecule has 0 bridgehead atoms. The second-order valence-corrected chi connectivity index (χ2v) is 7.30. The molecule has 0 spiro atoms. The van der Waals surface area contributed by atoms with Gasteiger partial charge in [-0.25, -0.2) is 10.2 Å². The van der Waals surface area contributed by atoms with Gasteiger partial charge in [0.2, 0.25) is 0 Å². The highest BCUT2D eigenvalue weighted by Crippen LogP contribution is 2.29. The standard InChI is InChI=1S/C23H19BrN2O6/c1-30-20-9-5-15(12-21(20)31-2)23(29)32-19-10-6-17(24)11-16(19)13-25-26-22(28)14-3-7-18(27)8-4-14/h3-13,27H,1-2H3,(H,26,28)/b25-13-. The van der Waals surface area contributed by atoms with Gasteiger partial charge in [0.1, 0.15) is 11.5 Å². The van der Waals surface area contributed by atoms with Crippen LogP contribution in [-0.2, 0) is 0 Å². The molecule has 0 atom stereocenters. The zero-order valence-electron chi connectivity index (χ0n) is 17.2. The number of carbonyl (C=O) groups is 2. The van der Waals surface area contributed by atoms with Crippen LogP contribution in [0.3, 0.4) is 0 Å². The van der Waals surface area contributed by atoms with Gasteiger partial charge >= 0.3 is 5.97 Å². The molecule has 0 saturated heterocycles. The lowest BCUT2D eigenvalue weighted by Gasteiger charge is -2.11. The van der Waals surface area contributed by atoms with Gasteiger partial charge in [-0.3, -0.25) is 4.79 Å². The molecule has 9 heteroatoms. The summed E-state index contributed by atoms with van der Waals surface area (Å²) in [4.78, 5) is 24.8. The highest BCUT2D eigenvalue weighted by molar-refractivity contribution is 9.10. The largest absolute Gasteiger partial charge is 0.508 e. The van der Waals surface area contributed by atoms with Gasteiger partial charge in [-0.2, -0.15) is 5.10 Å². The van der Waals surface area contributed by atoms with Gasteiger partial charge in [0.25, 0.3) is 5.91 Å². The Hall–Kier alpha value is -3.85. The Morgan fingerprint density at radius 1 is 0.906 bits per heavy atom. The fourth-order valence-corrected chi connectivity index (χ4v) is 3.05. The van der Waals surface area contributed by atoms with E-state index in [4.69, 9.17) is 14.2 Å². The van der Waals surface area contributed by atoms with Crippen molar-refractivity contribution in [1.82, 2.24) is 5.43 Å². The number of carbonyl (C=O) groups excluding carboxylic acids is 2. The van der Waals surface area contributed by atoms with Crippen LogP contribution in [0, 0.1) is 0 Å². The third kappa shape index (κ3) is 5.64. The molecule has 32 heavy (non-hydrogen) atoms. The summed E-state index contributed by atoms with van der Waals surface area (Å²) in [6.07, 6.45) is 1.36. The van der Waals surface area contributed by atoms with E-state index in [9.17, 15) is 14.7 Å². The van der Waals surface area contributed by atoms with Crippen molar-refractivity contribution in [3.8, 4) is 23.0 Å². The lowest BCUT2D eigenvalue weighted by molar-refractivity contribution is 0.0733. The third-order valence-electron chi connectivity index (χ3n) is 4.29. The summed E-state index contributed by atoms with van der Waals surface area (Å²) in [7, 11) is 2.98. The number of phenolic OH excluding ortho intramolecular Hbond substituents is 1. The van der Waals surface area contributed by atoms with E-state index in [1.165, 1.54) is 50.8 Å². The van der Waals surface area contributed by atoms with Crippen molar-refractivity contribution in [2.75, 3.05) is 14.2 Å². The lowest BCUT2D eigenvalue weighted by Crippen LogP contribution is -2.17. The van der Waals surface area contributed by atoms with E-state index in [0.29, 0.717) is 22.6 Å². The molecule has 0 heterocycles. The number of ether oxygens (including phenoxy) is 3. The Labute approximate surface area is 192 Å². The summed E-state index contributed by atoms with van der Waals surface area (Å²) in [5.74, 6) is 0.133. The number of phenols is 1. The van der Waals surface area contributed by atoms with Gasteiger partial charge in [0.05, 0.1) is 26.0 Å². The third-order valence-corrected chi connectivity index (χ3v) is 4.79. The molecule has 8 nitrogen and oxygen atoms in total. The normalized spacial score (nSPS) is 10.6. The average molecular weight is 499 g/mol. The smallest absolute Gasteiger partial charge is 0.343 e. The van der Waals surface area contributed by atoms with Crippen molar-refractivity contribution in [3.63, 3.8) is 0 Å². The minimum absolute atomic E-state index is 0.0557. The zero-order valence-corrected chi connectivity index (χ0v) is 18.8. The fourth-order valence-electron chi connectivity index (χ4n) is 2.67. The summed E-state index contributed by atoms with van der Waals surface area (Å²) in [5.41, 5.74) is 3.45. The minimum Gasteiger partial charge on any atom is -0.508 e. The van der Waals surface area contributed by atoms with Crippen LogP contribution in [-0.4, -0.2) is 37.4 Å². The summed E-state index contributed by atoms with van der Waals surface area (Å²) in [6, 6.07) is 15.4. The minimum atomic E-state index is -0.601. The molecule has 1 amide bonds. The number of hydrogen-bond donors (Lipinski definition) is 2. The first-order valence-electron chi connectivity index (χ1n) is 9.27. The maximum absolute atomic E-state index is 12.6. The molecule has 3 aromatic carbocycles. The Morgan fingerprint density at radius 3 is 2.25 bits per heavy atom. The number of nitrogens with zero attached hydrogens (tertiary/aromatic N) is 1. The molecular weight excluding hydrogens is 480 g/mol. The van der Waals surface area contributed by atoms with E-state index in [0.717, 1.165) is 4.47 Å². The number of rotatable bonds is 7. The van der Waals surface area contributed by atoms with Gasteiger partial charge in [-0.1, -0.05) is 15.9 Å². The quantitative estimate of drug-likeness (QED) is 0.219. The Kier molecular flexibility index (Phi) is 7.45. The van der Waals surface area contributed by atoms with Gasteiger partial charge < -0.3 is 19.3 Å².